The molecule has 0 spiro atoms. The van der Waals surface area contributed by atoms with Crippen molar-refractivity contribution in [3.8, 4) is 0 Å². The van der Waals surface area contributed by atoms with Crippen LogP contribution in [0.25, 0.3) is 0 Å². The Morgan fingerprint density at radius 2 is 2.00 bits per heavy atom. The fourth-order valence-corrected chi connectivity index (χ4v) is 3.93. The Labute approximate surface area is 112 Å². The van der Waals surface area contributed by atoms with Gasteiger partial charge in [-0.1, -0.05) is 13.8 Å². The van der Waals surface area contributed by atoms with E-state index < -0.39 is 17.5 Å². The minimum Gasteiger partial charge on any atom is -0.478 e. The van der Waals surface area contributed by atoms with Gasteiger partial charge in [-0.2, -0.15) is 0 Å². The lowest BCUT2D eigenvalue weighted by molar-refractivity contribution is -0.152. The number of carboxylic acids is 1. The minimum atomic E-state index is -1.08. The van der Waals surface area contributed by atoms with Crippen LogP contribution in [0.3, 0.4) is 0 Å². The molecule has 0 bridgehead atoms. The molecule has 2 saturated carbocycles. The Balaban J connectivity index is 2.17. The van der Waals surface area contributed by atoms with Gasteiger partial charge < -0.3 is 9.84 Å². The van der Waals surface area contributed by atoms with Gasteiger partial charge in [0.1, 0.15) is 5.60 Å². The van der Waals surface area contributed by atoms with Gasteiger partial charge in [-0.05, 0) is 43.3 Å². The number of ether oxygens (including phenoxy) is 1. The third kappa shape index (κ3) is 1.40. The van der Waals surface area contributed by atoms with Gasteiger partial charge in [0.15, 0.2) is 0 Å². The van der Waals surface area contributed by atoms with Crippen molar-refractivity contribution in [2.24, 2.45) is 17.3 Å². The standard InChI is InChI=1S/C15H18O4/c1-7(12(16)17)8-5-11-14(2,3)9-6-10(9)15(11,4)19-13(8)18/h5,9-10H,6H2,1-4H3,(H,16,17)/b8-7+/t9-,10+,15+/m1/s1. The second kappa shape index (κ2) is 3.30. The molecule has 1 N–H and O–H groups in total. The number of fused-ring (bicyclic) bond motifs is 3. The maximum Gasteiger partial charge on any atom is 0.339 e. The molecule has 0 radical (unpaired) electrons. The Bertz CT molecular complexity index is 567. The van der Waals surface area contributed by atoms with E-state index in [-0.39, 0.29) is 16.6 Å². The molecule has 3 rings (SSSR count). The molecule has 0 aromatic rings. The second-order valence-electron chi connectivity index (χ2n) is 6.57. The summed E-state index contributed by atoms with van der Waals surface area (Å²) in [5.74, 6) is -0.645. The van der Waals surface area contributed by atoms with Crippen LogP contribution in [-0.2, 0) is 14.3 Å². The van der Waals surface area contributed by atoms with Gasteiger partial charge in [0.2, 0.25) is 0 Å². The first-order chi connectivity index (χ1) is 8.69. The molecule has 4 nitrogen and oxygen atoms in total. The molecule has 19 heavy (non-hydrogen) atoms. The van der Waals surface area contributed by atoms with Crippen molar-refractivity contribution >= 4 is 11.9 Å². The minimum absolute atomic E-state index is 0.0237. The van der Waals surface area contributed by atoms with E-state index >= 15 is 0 Å². The van der Waals surface area contributed by atoms with E-state index in [0.717, 1.165) is 12.0 Å². The molecular formula is C15H18O4. The Kier molecular flexibility index (Phi) is 2.16. The first kappa shape index (κ1) is 12.5. The van der Waals surface area contributed by atoms with Crippen molar-refractivity contribution in [2.75, 3.05) is 0 Å². The van der Waals surface area contributed by atoms with Crippen LogP contribution >= 0.6 is 0 Å². The number of carboxylic acid groups (broad SMARTS) is 1. The van der Waals surface area contributed by atoms with Crippen LogP contribution < -0.4 is 0 Å². The zero-order valence-corrected chi connectivity index (χ0v) is 11.6. The van der Waals surface area contributed by atoms with E-state index in [2.05, 4.69) is 13.8 Å². The van der Waals surface area contributed by atoms with Gasteiger partial charge in [0.25, 0.3) is 0 Å². The summed E-state index contributed by atoms with van der Waals surface area (Å²) in [4.78, 5) is 23.1. The average molecular weight is 262 g/mol. The highest BCUT2D eigenvalue weighted by Gasteiger charge is 2.69. The molecule has 1 aliphatic heterocycles. The second-order valence-corrected chi connectivity index (χ2v) is 6.57. The smallest absolute Gasteiger partial charge is 0.339 e. The lowest BCUT2D eigenvalue weighted by Gasteiger charge is -2.38. The molecule has 2 fully saturated rings. The summed E-state index contributed by atoms with van der Waals surface area (Å²) in [6, 6.07) is 0. The average Bonchev–Trinajstić information content (AvgIpc) is 3.05. The number of aliphatic carboxylic acids is 1. The summed E-state index contributed by atoms with van der Waals surface area (Å²) in [5, 5.41) is 9.05. The van der Waals surface area contributed by atoms with Crippen molar-refractivity contribution in [1.29, 1.82) is 0 Å². The highest BCUT2D eigenvalue weighted by atomic mass is 16.6. The first-order valence-electron chi connectivity index (χ1n) is 6.59. The van der Waals surface area contributed by atoms with Gasteiger partial charge in [-0.15, -0.1) is 0 Å². The third-order valence-corrected chi connectivity index (χ3v) is 5.19. The summed E-state index contributed by atoms with van der Waals surface area (Å²) in [7, 11) is 0. The first-order valence-corrected chi connectivity index (χ1v) is 6.59. The van der Waals surface area contributed by atoms with Crippen LogP contribution in [0.15, 0.2) is 22.8 Å². The number of hydrogen-bond donors (Lipinski definition) is 1. The topological polar surface area (TPSA) is 63.6 Å². The number of rotatable bonds is 1. The van der Waals surface area contributed by atoms with E-state index in [1.165, 1.54) is 6.92 Å². The molecule has 0 saturated heterocycles. The zero-order valence-electron chi connectivity index (χ0n) is 11.6. The largest absolute Gasteiger partial charge is 0.478 e. The van der Waals surface area contributed by atoms with Crippen LogP contribution in [0.2, 0.25) is 0 Å². The van der Waals surface area contributed by atoms with Crippen molar-refractivity contribution in [3.05, 3.63) is 22.8 Å². The molecule has 3 aliphatic rings. The maximum atomic E-state index is 12.1. The molecular weight excluding hydrogens is 244 g/mol. The fraction of sp³-hybridized carbons (Fsp3) is 0.600. The van der Waals surface area contributed by atoms with Crippen LogP contribution in [0.4, 0.5) is 0 Å². The van der Waals surface area contributed by atoms with Gasteiger partial charge in [-0.3, -0.25) is 0 Å². The summed E-state index contributed by atoms with van der Waals surface area (Å²) >= 11 is 0. The number of esters is 1. The predicted octanol–water partition coefficient (Wildman–Crippen LogP) is 2.31. The maximum absolute atomic E-state index is 12.1. The van der Waals surface area contributed by atoms with Crippen molar-refractivity contribution in [3.63, 3.8) is 0 Å². The monoisotopic (exact) mass is 262 g/mol. The summed E-state index contributed by atoms with van der Waals surface area (Å²) in [5.41, 5.74) is 0.749. The lowest BCUT2D eigenvalue weighted by Crippen LogP contribution is -2.40. The third-order valence-electron chi connectivity index (χ3n) is 5.19. The molecule has 3 atom stereocenters. The zero-order chi connectivity index (χ0) is 14.2. The van der Waals surface area contributed by atoms with E-state index in [0.29, 0.717) is 11.8 Å². The molecule has 1 heterocycles. The molecule has 4 heteroatoms. The van der Waals surface area contributed by atoms with Gasteiger partial charge in [-0.25, -0.2) is 9.59 Å². The number of carbonyl (C=O) groups excluding carboxylic acids is 1. The van der Waals surface area contributed by atoms with E-state index in [1.54, 1.807) is 6.08 Å². The Morgan fingerprint density at radius 3 is 2.58 bits per heavy atom. The predicted molar refractivity (Wildman–Crippen MR) is 68.3 cm³/mol. The van der Waals surface area contributed by atoms with E-state index in [9.17, 15) is 9.59 Å². The molecule has 0 aromatic heterocycles. The molecule has 2 aliphatic carbocycles. The number of hydrogen-bond acceptors (Lipinski definition) is 3. The summed E-state index contributed by atoms with van der Waals surface area (Å²) in [6.45, 7) is 7.72. The van der Waals surface area contributed by atoms with Gasteiger partial charge in [0, 0.05) is 11.5 Å². The highest BCUT2D eigenvalue weighted by molar-refractivity contribution is 6.02. The van der Waals surface area contributed by atoms with Crippen molar-refractivity contribution in [2.45, 2.75) is 39.7 Å². The number of carbonyl (C=O) groups is 2. The summed E-state index contributed by atoms with van der Waals surface area (Å²) < 4.78 is 5.64. The Hall–Kier alpha value is -1.58. The molecule has 0 unspecified atom stereocenters. The van der Waals surface area contributed by atoms with Crippen LogP contribution in [0.5, 0.6) is 0 Å². The van der Waals surface area contributed by atoms with E-state index in [1.807, 2.05) is 6.92 Å². The quantitative estimate of drug-likeness (QED) is 0.582. The van der Waals surface area contributed by atoms with Crippen LogP contribution in [-0.4, -0.2) is 22.6 Å². The summed E-state index contributed by atoms with van der Waals surface area (Å²) in [6.07, 6.45) is 2.85. The van der Waals surface area contributed by atoms with Crippen LogP contribution in [0, 0.1) is 17.3 Å². The van der Waals surface area contributed by atoms with Gasteiger partial charge >= 0.3 is 11.9 Å². The van der Waals surface area contributed by atoms with Crippen LogP contribution in [0.1, 0.15) is 34.1 Å². The molecule has 102 valence electrons. The Morgan fingerprint density at radius 1 is 1.37 bits per heavy atom. The molecule has 0 amide bonds. The van der Waals surface area contributed by atoms with Gasteiger partial charge in [0.05, 0.1) is 5.57 Å². The van der Waals surface area contributed by atoms with E-state index in [4.69, 9.17) is 9.84 Å². The fourth-order valence-electron chi connectivity index (χ4n) is 3.93. The van der Waals surface area contributed by atoms with Crippen molar-refractivity contribution in [1.82, 2.24) is 0 Å². The lowest BCUT2D eigenvalue weighted by atomic mass is 9.75. The highest BCUT2D eigenvalue weighted by Crippen LogP contribution is 2.70. The SMILES string of the molecule is C/C(C(=O)O)=C1/C=C2C(C)(C)[C@@H]3C[C@@H]3[C@]2(C)OC1=O. The molecule has 0 aromatic carbocycles. The normalized spacial score (nSPS) is 40.8. The van der Waals surface area contributed by atoms with Crippen molar-refractivity contribution < 1.29 is 19.4 Å².